The maximum atomic E-state index is 11.6. The quantitative estimate of drug-likeness (QED) is 0.820. The lowest BCUT2D eigenvalue weighted by atomic mass is 9.95. The third-order valence-corrected chi connectivity index (χ3v) is 3.12. The van der Waals surface area contributed by atoms with Crippen LogP contribution in [0.4, 0.5) is 0 Å². The first kappa shape index (κ1) is 12.3. The van der Waals surface area contributed by atoms with Crippen molar-refractivity contribution in [1.82, 2.24) is 15.3 Å². The Morgan fingerprint density at radius 3 is 3.06 bits per heavy atom. The summed E-state index contributed by atoms with van der Waals surface area (Å²) in [5, 5.41) is 3.00. The third-order valence-electron chi connectivity index (χ3n) is 3.12. The molecule has 0 aliphatic carbocycles. The summed E-state index contributed by atoms with van der Waals surface area (Å²) < 4.78 is 5.79. The third kappa shape index (κ3) is 2.73. The molecular formula is C12H19N3O2. The van der Waals surface area contributed by atoms with Crippen molar-refractivity contribution in [3.63, 3.8) is 0 Å². The summed E-state index contributed by atoms with van der Waals surface area (Å²) in [6, 6.07) is 1.52. The molecule has 1 unspecified atom stereocenters. The van der Waals surface area contributed by atoms with Gasteiger partial charge < -0.3 is 15.0 Å². The van der Waals surface area contributed by atoms with E-state index in [1.807, 2.05) is 14.0 Å². The lowest BCUT2D eigenvalue weighted by Gasteiger charge is -2.32. The molecule has 17 heavy (non-hydrogen) atoms. The number of hydrogen-bond donors (Lipinski definition) is 2. The summed E-state index contributed by atoms with van der Waals surface area (Å²) in [4.78, 5) is 18.9. The van der Waals surface area contributed by atoms with E-state index in [1.54, 1.807) is 0 Å². The van der Waals surface area contributed by atoms with Gasteiger partial charge in [-0.25, -0.2) is 4.98 Å². The number of rotatable bonds is 3. The molecule has 1 fully saturated rings. The Hall–Kier alpha value is -1.20. The molecule has 0 radical (unpaired) electrons. The van der Waals surface area contributed by atoms with Crippen molar-refractivity contribution in [3.05, 3.63) is 27.9 Å². The minimum atomic E-state index is -0.443. The van der Waals surface area contributed by atoms with Crippen LogP contribution >= 0.6 is 0 Å². The topological polar surface area (TPSA) is 67.0 Å². The summed E-state index contributed by atoms with van der Waals surface area (Å²) in [6.45, 7) is 3.32. The summed E-state index contributed by atoms with van der Waals surface area (Å²) in [5.74, 6) is 0.648. The van der Waals surface area contributed by atoms with Crippen LogP contribution in [-0.2, 0) is 16.9 Å². The van der Waals surface area contributed by atoms with Gasteiger partial charge in [0.25, 0.3) is 5.56 Å². The van der Waals surface area contributed by atoms with E-state index in [0.29, 0.717) is 12.4 Å². The van der Waals surface area contributed by atoms with Gasteiger partial charge in [-0.2, -0.15) is 0 Å². The first-order valence-corrected chi connectivity index (χ1v) is 6.03. The predicted octanol–water partition coefficient (Wildman–Crippen LogP) is 0.905. The van der Waals surface area contributed by atoms with E-state index < -0.39 is 5.60 Å². The minimum Gasteiger partial charge on any atom is -0.367 e. The van der Waals surface area contributed by atoms with Crippen LogP contribution in [0.5, 0.6) is 0 Å². The van der Waals surface area contributed by atoms with E-state index in [-0.39, 0.29) is 5.56 Å². The van der Waals surface area contributed by atoms with E-state index >= 15 is 0 Å². The molecule has 1 saturated heterocycles. The Labute approximate surface area is 101 Å². The fourth-order valence-corrected chi connectivity index (χ4v) is 2.15. The van der Waals surface area contributed by atoms with Gasteiger partial charge >= 0.3 is 0 Å². The van der Waals surface area contributed by atoms with Crippen molar-refractivity contribution >= 4 is 0 Å². The average Bonchev–Trinajstić information content (AvgIpc) is 2.30. The molecule has 1 aromatic heterocycles. The molecule has 0 spiro atoms. The smallest absolute Gasteiger partial charge is 0.251 e. The van der Waals surface area contributed by atoms with E-state index in [2.05, 4.69) is 15.3 Å². The van der Waals surface area contributed by atoms with Crippen molar-refractivity contribution in [2.45, 2.75) is 38.3 Å². The van der Waals surface area contributed by atoms with Crippen LogP contribution in [0.2, 0.25) is 0 Å². The van der Waals surface area contributed by atoms with Gasteiger partial charge in [-0.15, -0.1) is 0 Å². The van der Waals surface area contributed by atoms with Crippen molar-refractivity contribution in [3.8, 4) is 0 Å². The number of aromatic nitrogens is 2. The van der Waals surface area contributed by atoms with Crippen molar-refractivity contribution in [2.75, 3.05) is 13.7 Å². The van der Waals surface area contributed by atoms with E-state index in [1.165, 1.54) is 6.07 Å². The lowest BCUT2D eigenvalue weighted by molar-refractivity contribution is -0.0763. The number of nitrogens with one attached hydrogen (secondary N) is 2. The summed E-state index contributed by atoms with van der Waals surface area (Å²) in [5.41, 5.74) is 0.193. The molecule has 1 aliphatic rings. The van der Waals surface area contributed by atoms with Crippen molar-refractivity contribution in [1.29, 1.82) is 0 Å². The van der Waals surface area contributed by atoms with Gasteiger partial charge in [-0.3, -0.25) is 4.79 Å². The zero-order valence-electron chi connectivity index (χ0n) is 10.4. The molecule has 2 heterocycles. The maximum absolute atomic E-state index is 11.6. The number of ether oxygens (including phenoxy) is 1. The fourth-order valence-electron chi connectivity index (χ4n) is 2.15. The molecule has 0 amide bonds. The summed E-state index contributed by atoms with van der Waals surface area (Å²) in [6.07, 6.45) is 3.09. The maximum Gasteiger partial charge on any atom is 0.251 e. The van der Waals surface area contributed by atoms with E-state index in [4.69, 9.17) is 4.74 Å². The van der Waals surface area contributed by atoms with Gasteiger partial charge in [-0.1, -0.05) is 0 Å². The molecule has 0 saturated carbocycles. The minimum absolute atomic E-state index is 0.115. The zero-order valence-corrected chi connectivity index (χ0v) is 10.4. The number of hydrogen-bond acceptors (Lipinski definition) is 4. The van der Waals surface area contributed by atoms with Crippen LogP contribution in [-0.4, -0.2) is 23.6 Å². The molecule has 5 heteroatoms. The Balaban J connectivity index is 2.33. The molecule has 2 N–H and O–H groups in total. The number of aromatic amines is 1. The largest absolute Gasteiger partial charge is 0.367 e. The Bertz CT molecular complexity index is 436. The molecule has 2 rings (SSSR count). The molecule has 1 aliphatic heterocycles. The highest BCUT2D eigenvalue weighted by Crippen LogP contribution is 2.31. The first-order chi connectivity index (χ1) is 8.14. The summed E-state index contributed by atoms with van der Waals surface area (Å²) in [7, 11) is 1.83. The first-order valence-electron chi connectivity index (χ1n) is 6.03. The van der Waals surface area contributed by atoms with Gasteiger partial charge in [0.05, 0.1) is 5.69 Å². The molecule has 1 atom stereocenters. The van der Waals surface area contributed by atoms with E-state index in [0.717, 1.165) is 31.6 Å². The van der Waals surface area contributed by atoms with Crippen LogP contribution in [0.25, 0.3) is 0 Å². The van der Waals surface area contributed by atoms with Crippen LogP contribution in [0.1, 0.15) is 37.7 Å². The van der Waals surface area contributed by atoms with Gasteiger partial charge in [0.15, 0.2) is 0 Å². The van der Waals surface area contributed by atoms with Gasteiger partial charge in [-0.05, 0) is 33.2 Å². The van der Waals surface area contributed by atoms with Crippen molar-refractivity contribution in [2.24, 2.45) is 0 Å². The van der Waals surface area contributed by atoms with Crippen LogP contribution in [0, 0.1) is 0 Å². The van der Waals surface area contributed by atoms with E-state index in [9.17, 15) is 4.79 Å². The fraction of sp³-hybridized carbons (Fsp3) is 0.667. The normalized spacial score (nSPS) is 24.8. The predicted molar refractivity (Wildman–Crippen MR) is 64.8 cm³/mol. The Morgan fingerprint density at radius 1 is 1.59 bits per heavy atom. The molecule has 5 nitrogen and oxygen atoms in total. The summed E-state index contributed by atoms with van der Waals surface area (Å²) >= 11 is 0. The molecular weight excluding hydrogens is 218 g/mol. The number of nitrogens with zero attached hydrogens (tertiary/aromatic N) is 1. The number of H-pyrrole nitrogens is 1. The zero-order chi connectivity index (χ0) is 12.3. The second-order valence-corrected chi connectivity index (χ2v) is 4.65. The Kier molecular flexibility index (Phi) is 3.59. The van der Waals surface area contributed by atoms with Crippen LogP contribution in [0.15, 0.2) is 10.9 Å². The van der Waals surface area contributed by atoms with Gasteiger partial charge in [0.1, 0.15) is 11.4 Å². The Morgan fingerprint density at radius 2 is 2.41 bits per heavy atom. The van der Waals surface area contributed by atoms with Crippen LogP contribution in [0.3, 0.4) is 0 Å². The molecule has 94 valence electrons. The lowest BCUT2D eigenvalue weighted by Crippen LogP contribution is -2.34. The van der Waals surface area contributed by atoms with Crippen LogP contribution < -0.4 is 10.9 Å². The average molecular weight is 237 g/mol. The molecule has 1 aromatic rings. The molecule has 0 aromatic carbocycles. The standard InChI is InChI=1S/C12H19N3O2/c1-12(5-3-4-6-17-12)11-14-9(8-13-2)7-10(16)15-11/h7,13H,3-6,8H2,1-2H3,(H,14,15,16). The highest BCUT2D eigenvalue weighted by atomic mass is 16.5. The highest BCUT2D eigenvalue weighted by Gasteiger charge is 2.32. The SMILES string of the molecule is CNCc1cc(=O)[nH]c(C2(C)CCCCO2)n1. The molecule has 0 bridgehead atoms. The van der Waals surface area contributed by atoms with Crippen molar-refractivity contribution < 1.29 is 4.74 Å². The van der Waals surface area contributed by atoms with Gasteiger partial charge in [0.2, 0.25) is 0 Å². The second-order valence-electron chi connectivity index (χ2n) is 4.65. The second kappa shape index (κ2) is 4.98. The highest BCUT2D eigenvalue weighted by molar-refractivity contribution is 5.08. The van der Waals surface area contributed by atoms with Gasteiger partial charge in [0, 0.05) is 19.2 Å². The monoisotopic (exact) mass is 237 g/mol.